The number of benzene rings is 1. The second-order valence-corrected chi connectivity index (χ2v) is 4.53. The summed E-state index contributed by atoms with van der Waals surface area (Å²) in [6, 6.07) is 5.57. The predicted octanol–water partition coefficient (Wildman–Crippen LogP) is 0.139. The zero-order chi connectivity index (χ0) is 15.8. The van der Waals surface area contributed by atoms with Crippen molar-refractivity contribution in [2.45, 2.75) is 25.8 Å². The van der Waals surface area contributed by atoms with Gasteiger partial charge in [0.15, 0.2) is 0 Å². The monoisotopic (exact) mass is 294 g/mol. The summed E-state index contributed by atoms with van der Waals surface area (Å²) in [4.78, 5) is 33.5. The number of aliphatic hydroxyl groups excluding tert-OH is 1. The summed E-state index contributed by atoms with van der Waals surface area (Å²) >= 11 is 0. The Morgan fingerprint density at radius 1 is 1.19 bits per heavy atom. The van der Waals surface area contributed by atoms with Gasteiger partial charge in [0.1, 0.15) is 6.04 Å². The molecule has 2 amide bonds. The first-order valence-corrected chi connectivity index (χ1v) is 6.42. The van der Waals surface area contributed by atoms with E-state index in [4.69, 9.17) is 10.2 Å². The van der Waals surface area contributed by atoms with Crippen molar-refractivity contribution in [2.75, 3.05) is 11.9 Å². The normalized spacial score (nSPS) is 11.5. The van der Waals surface area contributed by atoms with Crippen LogP contribution >= 0.6 is 0 Å². The van der Waals surface area contributed by atoms with Gasteiger partial charge in [0, 0.05) is 25.6 Å². The molecule has 0 bridgehead atoms. The molecule has 1 unspecified atom stereocenters. The smallest absolute Gasteiger partial charge is 0.326 e. The van der Waals surface area contributed by atoms with E-state index in [-0.39, 0.29) is 25.4 Å². The van der Waals surface area contributed by atoms with E-state index in [2.05, 4.69) is 10.6 Å². The number of carboxylic acid groups (broad SMARTS) is 1. The highest BCUT2D eigenvalue weighted by Gasteiger charge is 2.19. The minimum atomic E-state index is -1.18. The van der Waals surface area contributed by atoms with E-state index in [0.29, 0.717) is 11.3 Å². The van der Waals surface area contributed by atoms with Crippen LogP contribution in [0.3, 0.4) is 0 Å². The zero-order valence-electron chi connectivity index (χ0n) is 11.6. The van der Waals surface area contributed by atoms with Crippen LogP contribution in [0.5, 0.6) is 0 Å². The van der Waals surface area contributed by atoms with Crippen LogP contribution in [0.1, 0.15) is 18.9 Å². The van der Waals surface area contributed by atoms with Crippen LogP contribution in [-0.2, 0) is 20.8 Å². The lowest BCUT2D eigenvalue weighted by molar-refractivity contribution is -0.142. The van der Waals surface area contributed by atoms with Crippen LogP contribution in [0.25, 0.3) is 0 Å². The summed E-state index contributed by atoms with van der Waals surface area (Å²) in [5.74, 6) is -1.81. The van der Waals surface area contributed by atoms with Gasteiger partial charge in [-0.05, 0) is 17.7 Å². The summed E-state index contributed by atoms with van der Waals surface area (Å²) in [5, 5.41) is 22.6. The lowest BCUT2D eigenvalue weighted by Gasteiger charge is -2.13. The number of anilines is 1. The first kappa shape index (κ1) is 16.6. The van der Waals surface area contributed by atoms with Crippen LogP contribution in [0.15, 0.2) is 24.3 Å². The third kappa shape index (κ3) is 6.05. The van der Waals surface area contributed by atoms with E-state index >= 15 is 0 Å². The summed E-state index contributed by atoms with van der Waals surface area (Å²) < 4.78 is 0. The number of hydrogen-bond acceptors (Lipinski definition) is 4. The van der Waals surface area contributed by atoms with E-state index in [1.54, 1.807) is 24.3 Å². The van der Waals surface area contributed by atoms with Crippen molar-refractivity contribution in [3.05, 3.63) is 29.8 Å². The molecular weight excluding hydrogens is 276 g/mol. The van der Waals surface area contributed by atoms with Gasteiger partial charge in [0.2, 0.25) is 11.8 Å². The maximum absolute atomic E-state index is 11.7. The van der Waals surface area contributed by atoms with Gasteiger partial charge in [-0.2, -0.15) is 0 Å². The van der Waals surface area contributed by atoms with Crippen molar-refractivity contribution >= 4 is 23.5 Å². The molecule has 0 heterocycles. The second kappa shape index (κ2) is 8.01. The molecule has 0 saturated carbocycles. The minimum absolute atomic E-state index is 0.0234. The molecule has 1 atom stereocenters. The first-order chi connectivity index (χ1) is 9.92. The summed E-state index contributed by atoms with van der Waals surface area (Å²) in [7, 11) is 0. The van der Waals surface area contributed by atoms with E-state index in [0.717, 1.165) is 0 Å². The van der Waals surface area contributed by atoms with Crippen molar-refractivity contribution in [2.24, 2.45) is 0 Å². The number of hydrogen-bond donors (Lipinski definition) is 4. The third-order valence-corrected chi connectivity index (χ3v) is 2.69. The molecule has 0 saturated heterocycles. The number of aliphatic hydroxyl groups is 1. The molecule has 7 heteroatoms. The maximum atomic E-state index is 11.7. The van der Waals surface area contributed by atoms with Gasteiger partial charge in [-0.25, -0.2) is 4.79 Å². The van der Waals surface area contributed by atoms with Crippen molar-refractivity contribution in [3.63, 3.8) is 0 Å². The Morgan fingerprint density at radius 3 is 2.29 bits per heavy atom. The largest absolute Gasteiger partial charge is 0.480 e. The number of amides is 2. The molecular formula is C14H18N2O5. The minimum Gasteiger partial charge on any atom is -0.480 e. The van der Waals surface area contributed by atoms with Gasteiger partial charge >= 0.3 is 5.97 Å². The molecule has 1 aromatic rings. The van der Waals surface area contributed by atoms with Gasteiger partial charge < -0.3 is 20.8 Å². The van der Waals surface area contributed by atoms with E-state index in [9.17, 15) is 14.4 Å². The number of carbonyl (C=O) groups excluding carboxylic acids is 2. The average molecular weight is 294 g/mol. The van der Waals surface area contributed by atoms with Gasteiger partial charge in [0.05, 0.1) is 6.42 Å². The molecule has 0 radical (unpaired) electrons. The Bertz CT molecular complexity index is 513. The molecule has 0 spiro atoms. The van der Waals surface area contributed by atoms with E-state index in [1.165, 1.54) is 6.92 Å². The maximum Gasteiger partial charge on any atom is 0.326 e. The average Bonchev–Trinajstić information content (AvgIpc) is 2.40. The Morgan fingerprint density at radius 2 is 1.81 bits per heavy atom. The summed E-state index contributed by atoms with van der Waals surface area (Å²) in [6.07, 6.45) is -0.0158. The molecule has 0 aliphatic carbocycles. The van der Waals surface area contributed by atoms with Crippen molar-refractivity contribution in [3.8, 4) is 0 Å². The number of nitrogens with one attached hydrogen (secondary N) is 2. The fraction of sp³-hybridized carbons (Fsp3) is 0.357. The zero-order valence-corrected chi connectivity index (χ0v) is 11.6. The van der Waals surface area contributed by atoms with E-state index in [1.807, 2.05) is 0 Å². The lowest BCUT2D eigenvalue weighted by Crippen LogP contribution is -2.42. The Hall–Kier alpha value is -2.41. The predicted molar refractivity (Wildman–Crippen MR) is 75.7 cm³/mol. The second-order valence-electron chi connectivity index (χ2n) is 4.53. The molecule has 21 heavy (non-hydrogen) atoms. The van der Waals surface area contributed by atoms with Crippen LogP contribution in [0, 0.1) is 0 Å². The van der Waals surface area contributed by atoms with Crippen LogP contribution in [0.4, 0.5) is 5.69 Å². The quantitative estimate of drug-likeness (QED) is 0.571. The lowest BCUT2D eigenvalue weighted by atomic mass is 10.1. The van der Waals surface area contributed by atoms with Gasteiger partial charge in [-0.3, -0.25) is 9.59 Å². The Kier molecular flexibility index (Phi) is 6.35. The van der Waals surface area contributed by atoms with Gasteiger partial charge in [0.25, 0.3) is 0 Å². The third-order valence-electron chi connectivity index (χ3n) is 2.69. The molecule has 0 fully saturated rings. The molecule has 0 aliphatic heterocycles. The fourth-order valence-electron chi connectivity index (χ4n) is 1.73. The Balaban J connectivity index is 2.57. The number of carbonyl (C=O) groups is 3. The topological polar surface area (TPSA) is 116 Å². The molecule has 7 nitrogen and oxygen atoms in total. The number of carboxylic acids is 1. The Labute approximate surface area is 122 Å². The highest BCUT2D eigenvalue weighted by atomic mass is 16.4. The fourth-order valence-corrected chi connectivity index (χ4v) is 1.73. The van der Waals surface area contributed by atoms with Crippen molar-refractivity contribution in [1.82, 2.24) is 5.32 Å². The summed E-state index contributed by atoms with van der Waals surface area (Å²) in [5.41, 5.74) is 1.31. The molecule has 1 aromatic carbocycles. The van der Waals surface area contributed by atoms with Gasteiger partial charge in [-0.15, -0.1) is 0 Å². The SMILES string of the molecule is CC(=O)Nc1ccc(CC(=O)NC(CCO)C(=O)O)cc1. The van der Waals surface area contributed by atoms with Gasteiger partial charge in [-0.1, -0.05) is 12.1 Å². The highest BCUT2D eigenvalue weighted by Crippen LogP contribution is 2.10. The molecule has 1 rings (SSSR count). The van der Waals surface area contributed by atoms with Crippen LogP contribution in [-0.4, -0.2) is 40.6 Å². The molecule has 114 valence electrons. The highest BCUT2D eigenvalue weighted by molar-refractivity contribution is 5.89. The van der Waals surface area contributed by atoms with E-state index < -0.39 is 17.9 Å². The number of aliphatic carboxylic acids is 1. The standard InChI is InChI=1S/C14H18N2O5/c1-9(18)15-11-4-2-10(3-5-11)8-13(19)16-12(6-7-17)14(20)21/h2-5,12,17H,6-8H2,1H3,(H,15,18)(H,16,19)(H,20,21). The first-order valence-electron chi connectivity index (χ1n) is 6.42. The molecule has 4 N–H and O–H groups in total. The van der Waals surface area contributed by atoms with Crippen LogP contribution < -0.4 is 10.6 Å². The molecule has 0 aromatic heterocycles. The van der Waals surface area contributed by atoms with Crippen molar-refractivity contribution < 1.29 is 24.6 Å². The van der Waals surface area contributed by atoms with Crippen molar-refractivity contribution in [1.29, 1.82) is 0 Å². The molecule has 0 aliphatic rings. The summed E-state index contributed by atoms with van der Waals surface area (Å²) in [6.45, 7) is 1.08. The number of rotatable bonds is 7. The van der Waals surface area contributed by atoms with Crippen LogP contribution in [0.2, 0.25) is 0 Å².